The summed E-state index contributed by atoms with van der Waals surface area (Å²) < 4.78 is 19.4. The van der Waals surface area contributed by atoms with Gasteiger partial charge in [0, 0.05) is 11.5 Å². The quantitative estimate of drug-likeness (QED) is 0.678. The molecular weight excluding hydrogens is 335 g/mol. The van der Waals surface area contributed by atoms with Crippen LogP contribution < -0.4 is 10.1 Å². The third-order valence-corrected chi connectivity index (χ3v) is 2.75. The smallest absolute Gasteiger partial charge is 0.349 e. The maximum absolute atomic E-state index is 13.6. The molecule has 2 aromatic rings. The maximum Gasteiger partial charge on any atom is 0.349 e. The van der Waals surface area contributed by atoms with E-state index in [0.717, 1.165) is 6.20 Å². The highest BCUT2D eigenvalue weighted by Gasteiger charge is 2.20. The van der Waals surface area contributed by atoms with Gasteiger partial charge < -0.3 is 10.1 Å². The topological polar surface area (TPSA) is 90.2 Å². The zero-order valence-corrected chi connectivity index (χ0v) is 11.7. The minimum Gasteiger partial charge on any atom is -0.430 e. The van der Waals surface area contributed by atoms with E-state index in [9.17, 15) is 14.5 Å². The first-order valence-electron chi connectivity index (χ1n) is 5.33. The van der Waals surface area contributed by atoms with Crippen molar-refractivity contribution in [1.82, 2.24) is 9.97 Å². The van der Waals surface area contributed by atoms with Gasteiger partial charge in [0.2, 0.25) is 5.95 Å². The van der Waals surface area contributed by atoms with Crippen molar-refractivity contribution in [1.29, 1.82) is 0 Å². The molecule has 2 rings (SSSR count). The molecule has 0 aliphatic heterocycles. The molecule has 0 saturated carbocycles. The molecule has 0 fully saturated rings. The Kier molecular flexibility index (Phi) is 4.08. The number of halogens is 2. The summed E-state index contributed by atoms with van der Waals surface area (Å²) in [5, 5.41) is 13.5. The van der Waals surface area contributed by atoms with Crippen LogP contribution in [0.25, 0.3) is 0 Å². The van der Waals surface area contributed by atoms with E-state index >= 15 is 0 Å². The molecule has 0 unspecified atom stereocenters. The molecule has 0 saturated heterocycles. The van der Waals surface area contributed by atoms with Crippen molar-refractivity contribution in [2.24, 2.45) is 0 Å². The minimum absolute atomic E-state index is 0.126. The lowest BCUT2D eigenvalue weighted by atomic mass is 10.3. The Morgan fingerprint density at radius 3 is 2.90 bits per heavy atom. The molecule has 0 radical (unpaired) electrons. The Hall–Kier alpha value is -2.29. The number of ether oxygens (including phenoxy) is 1. The van der Waals surface area contributed by atoms with Gasteiger partial charge in [-0.2, -0.15) is 4.98 Å². The molecule has 0 aliphatic rings. The number of rotatable bonds is 4. The van der Waals surface area contributed by atoms with Gasteiger partial charge in [-0.25, -0.2) is 9.37 Å². The average Bonchev–Trinajstić information content (AvgIpc) is 2.42. The molecule has 104 valence electrons. The number of aromatic nitrogens is 2. The van der Waals surface area contributed by atoms with Gasteiger partial charge in [0.05, 0.1) is 4.92 Å². The SMILES string of the molecule is CNc1ncc([N+](=O)[O-])c(Oc2cc(Br)ccc2F)n1. The molecule has 20 heavy (non-hydrogen) atoms. The lowest BCUT2D eigenvalue weighted by molar-refractivity contribution is -0.386. The highest BCUT2D eigenvalue weighted by Crippen LogP contribution is 2.32. The standard InChI is InChI=1S/C11H8BrFN4O3/c1-14-11-15-5-8(17(18)19)10(16-11)20-9-4-6(12)2-3-7(9)13/h2-5H,1H3,(H,14,15,16). The van der Waals surface area contributed by atoms with Crippen LogP contribution in [-0.4, -0.2) is 21.9 Å². The molecule has 0 atom stereocenters. The summed E-state index contributed by atoms with van der Waals surface area (Å²) in [4.78, 5) is 17.7. The predicted octanol–water partition coefficient (Wildman–Crippen LogP) is 3.12. The molecule has 0 amide bonds. The first-order valence-corrected chi connectivity index (χ1v) is 6.12. The van der Waals surface area contributed by atoms with Crippen LogP contribution in [0, 0.1) is 15.9 Å². The fraction of sp³-hybridized carbons (Fsp3) is 0.0909. The van der Waals surface area contributed by atoms with Crippen molar-refractivity contribution in [2.45, 2.75) is 0 Å². The predicted molar refractivity (Wildman–Crippen MR) is 72.4 cm³/mol. The van der Waals surface area contributed by atoms with E-state index in [1.165, 1.54) is 18.2 Å². The number of hydrogen-bond acceptors (Lipinski definition) is 6. The molecule has 1 aromatic carbocycles. The van der Waals surface area contributed by atoms with Crippen LogP contribution in [0.4, 0.5) is 16.0 Å². The average molecular weight is 343 g/mol. The van der Waals surface area contributed by atoms with Gasteiger partial charge in [-0.1, -0.05) is 15.9 Å². The second-order valence-corrected chi connectivity index (χ2v) is 4.48. The zero-order valence-electron chi connectivity index (χ0n) is 10.1. The van der Waals surface area contributed by atoms with Gasteiger partial charge >= 0.3 is 11.6 Å². The second-order valence-electron chi connectivity index (χ2n) is 3.57. The third-order valence-electron chi connectivity index (χ3n) is 2.26. The van der Waals surface area contributed by atoms with Gasteiger partial charge in [0.1, 0.15) is 6.20 Å². The Balaban J connectivity index is 2.45. The number of hydrogen-bond donors (Lipinski definition) is 1. The molecule has 9 heteroatoms. The van der Waals surface area contributed by atoms with Gasteiger partial charge in [0.15, 0.2) is 11.6 Å². The molecule has 1 heterocycles. The molecule has 1 aromatic heterocycles. The lowest BCUT2D eigenvalue weighted by Gasteiger charge is -2.07. The van der Waals surface area contributed by atoms with E-state index in [1.807, 2.05) is 0 Å². The van der Waals surface area contributed by atoms with Crippen molar-refractivity contribution < 1.29 is 14.1 Å². The first kappa shape index (κ1) is 14.1. The van der Waals surface area contributed by atoms with Crippen LogP contribution in [0.5, 0.6) is 11.6 Å². The highest BCUT2D eigenvalue weighted by molar-refractivity contribution is 9.10. The fourth-order valence-electron chi connectivity index (χ4n) is 1.34. The number of anilines is 1. The maximum atomic E-state index is 13.6. The van der Waals surface area contributed by atoms with Gasteiger partial charge in [-0.3, -0.25) is 10.1 Å². The van der Waals surface area contributed by atoms with Crippen molar-refractivity contribution in [2.75, 3.05) is 12.4 Å². The number of benzene rings is 1. The summed E-state index contributed by atoms with van der Waals surface area (Å²) in [7, 11) is 1.55. The molecule has 0 spiro atoms. The Morgan fingerprint density at radius 1 is 1.50 bits per heavy atom. The van der Waals surface area contributed by atoms with Crippen LogP contribution in [0.15, 0.2) is 28.9 Å². The van der Waals surface area contributed by atoms with E-state index in [4.69, 9.17) is 4.74 Å². The molecule has 1 N–H and O–H groups in total. The Labute approximate surface area is 121 Å². The van der Waals surface area contributed by atoms with E-state index < -0.39 is 16.4 Å². The van der Waals surface area contributed by atoms with Crippen LogP contribution >= 0.6 is 15.9 Å². The zero-order chi connectivity index (χ0) is 14.7. The summed E-state index contributed by atoms with van der Waals surface area (Å²) in [6.45, 7) is 0. The van der Waals surface area contributed by atoms with E-state index in [1.54, 1.807) is 7.05 Å². The van der Waals surface area contributed by atoms with Gasteiger partial charge in [-0.05, 0) is 18.2 Å². The van der Waals surface area contributed by atoms with E-state index in [2.05, 4.69) is 31.2 Å². The first-order chi connectivity index (χ1) is 9.51. The third kappa shape index (κ3) is 2.99. The fourth-order valence-corrected chi connectivity index (χ4v) is 1.68. The largest absolute Gasteiger partial charge is 0.430 e. The number of nitrogens with one attached hydrogen (secondary N) is 1. The number of nitrogens with zero attached hydrogens (tertiary/aromatic N) is 3. The van der Waals surface area contributed by atoms with Crippen LogP contribution in [-0.2, 0) is 0 Å². The number of nitro groups is 1. The Bertz CT molecular complexity index is 668. The molecular formula is C11H8BrFN4O3. The van der Waals surface area contributed by atoms with Crippen molar-refractivity contribution in [3.63, 3.8) is 0 Å². The summed E-state index contributed by atoms with van der Waals surface area (Å²) in [6, 6.07) is 4.00. The monoisotopic (exact) mass is 342 g/mol. The van der Waals surface area contributed by atoms with Crippen molar-refractivity contribution in [3.8, 4) is 11.6 Å². The van der Waals surface area contributed by atoms with Crippen LogP contribution in [0.1, 0.15) is 0 Å². The molecule has 0 aliphatic carbocycles. The van der Waals surface area contributed by atoms with Gasteiger partial charge in [0.25, 0.3) is 0 Å². The van der Waals surface area contributed by atoms with Crippen molar-refractivity contribution >= 4 is 27.6 Å². The van der Waals surface area contributed by atoms with E-state index in [0.29, 0.717) is 4.47 Å². The second kappa shape index (κ2) is 5.78. The normalized spacial score (nSPS) is 10.2. The summed E-state index contributed by atoms with van der Waals surface area (Å²) in [5.74, 6) is -1.05. The Morgan fingerprint density at radius 2 is 2.25 bits per heavy atom. The van der Waals surface area contributed by atoms with Gasteiger partial charge in [-0.15, -0.1) is 0 Å². The van der Waals surface area contributed by atoms with Crippen LogP contribution in [0.2, 0.25) is 0 Å². The summed E-state index contributed by atoms with van der Waals surface area (Å²) in [5.41, 5.74) is -0.455. The summed E-state index contributed by atoms with van der Waals surface area (Å²) in [6.07, 6.45) is 0.990. The minimum atomic E-state index is -0.704. The van der Waals surface area contributed by atoms with Crippen molar-refractivity contribution in [3.05, 3.63) is 44.8 Å². The van der Waals surface area contributed by atoms with Crippen LogP contribution in [0.3, 0.4) is 0 Å². The van der Waals surface area contributed by atoms with E-state index in [-0.39, 0.29) is 17.6 Å². The highest BCUT2D eigenvalue weighted by atomic mass is 79.9. The molecule has 0 bridgehead atoms. The molecule has 7 nitrogen and oxygen atoms in total. The summed E-state index contributed by atoms with van der Waals surface area (Å²) >= 11 is 3.16. The lowest BCUT2D eigenvalue weighted by Crippen LogP contribution is -2.02.